The van der Waals surface area contributed by atoms with Crippen molar-refractivity contribution in [3.63, 3.8) is 0 Å². The molecule has 0 spiro atoms. The van der Waals surface area contributed by atoms with Gasteiger partial charge in [-0.15, -0.1) is 0 Å². The number of ether oxygens (including phenoxy) is 2. The first kappa shape index (κ1) is 23.4. The summed E-state index contributed by atoms with van der Waals surface area (Å²) in [4.78, 5) is 12.3. The largest absolute Gasteiger partial charge is 0.493 e. The van der Waals surface area contributed by atoms with Gasteiger partial charge in [0.05, 0.1) is 24.0 Å². The molecule has 8 nitrogen and oxygen atoms in total. The van der Waals surface area contributed by atoms with E-state index in [9.17, 15) is 18.5 Å². The van der Waals surface area contributed by atoms with Gasteiger partial charge < -0.3 is 14.0 Å². The Morgan fingerprint density at radius 3 is 2.62 bits per heavy atom. The van der Waals surface area contributed by atoms with Gasteiger partial charge in [-0.3, -0.25) is 9.52 Å². The molecular weight excluding hydrogens is 454 g/mol. The maximum Gasteiger partial charge on any atom is 0.254 e. The van der Waals surface area contributed by atoms with Gasteiger partial charge in [0, 0.05) is 36.1 Å². The van der Waals surface area contributed by atoms with E-state index >= 15 is 0 Å². The van der Waals surface area contributed by atoms with Crippen LogP contribution in [0.25, 0.3) is 11.1 Å². The number of hydrogen-bond acceptors (Lipinski definition) is 6. The van der Waals surface area contributed by atoms with E-state index in [2.05, 4.69) is 10.8 Å². The Labute approximate surface area is 198 Å². The third-order valence-electron chi connectivity index (χ3n) is 5.62. The van der Waals surface area contributed by atoms with Gasteiger partial charge >= 0.3 is 0 Å². The molecule has 176 valence electrons. The fourth-order valence-electron chi connectivity index (χ4n) is 3.74. The zero-order valence-corrected chi connectivity index (χ0v) is 19.8. The second-order valence-electron chi connectivity index (χ2n) is 8.06. The van der Waals surface area contributed by atoms with Crippen molar-refractivity contribution in [2.75, 3.05) is 17.1 Å². The number of nitrogens with one attached hydrogen (secondary N) is 1. The SMILES string of the molecule is CCS(=O)(=O)Nc1ccc2c(c1)-c1cn(C)c(=O)cc1OCCCCc1cc(C#N)ccc1O2. The fraction of sp³-hybridized carbons (Fsp3) is 0.280. The van der Waals surface area contributed by atoms with Crippen molar-refractivity contribution in [2.45, 2.75) is 26.2 Å². The highest BCUT2D eigenvalue weighted by Crippen LogP contribution is 2.41. The van der Waals surface area contributed by atoms with Crippen LogP contribution in [0.5, 0.6) is 17.2 Å². The third kappa shape index (κ3) is 5.07. The van der Waals surface area contributed by atoms with Crippen molar-refractivity contribution in [2.24, 2.45) is 7.05 Å². The highest BCUT2D eigenvalue weighted by molar-refractivity contribution is 7.92. The zero-order valence-electron chi connectivity index (χ0n) is 19.0. The number of pyridine rings is 1. The van der Waals surface area contributed by atoms with E-state index in [-0.39, 0.29) is 11.3 Å². The summed E-state index contributed by atoms with van der Waals surface area (Å²) >= 11 is 0. The molecule has 0 atom stereocenters. The molecule has 0 fully saturated rings. The van der Waals surface area contributed by atoms with E-state index < -0.39 is 10.0 Å². The molecule has 3 aromatic rings. The quantitative estimate of drug-likeness (QED) is 0.603. The number of rotatable bonds is 3. The molecule has 0 unspecified atom stereocenters. The Bertz CT molecular complexity index is 1440. The Kier molecular flexibility index (Phi) is 6.61. The predicted molar refractivity (Wildman–Crippen MR) is 130 cm³/mol. The molecule has 1 aliphatic rings. The summed E-state index contributed by atoms with van der Waals surface area (Å²) < 4.78 is 40.7. The molecule has 0 bridgehead atoms. The number of sulfonamides is 1. The van der Waals surface area contributed by atoms with Crippen LogP contribution in [0.4, 0.5) is 5.69 Å². The number of aryl methyl sites for hydroxylation is 2. The molecule has 0 radical (unpaired) electrons. The number of aromatic nitrogens is 1. The molecule has 0 amide bonds. The standard InChI is InChI=1S/C25H25N3O5S/c1-3-34(30,31)27-19-8-10-23-20(13-19)21-16-28(2)25(29)14-24(21)32-11-5-4-6-18-12-17(15-26)7-9-22(18)33-23/h7-10,12-14,16,27H,3-6,11H2,1-2H3. The lowest BCUT2D eigenvalue weighted by atomic mass is 10.0. The Morgan fingerprint density at radius 1 is 1.06 bits per heavy atom. The second kappa shape index (κ2) is 9.61. The number of fused-ring (bicyclic) bond motifs is 4. The van der Waals surface area contributed by atoms with Crippen LogP contribution in [0.15, 0.2) is 53.5 Å². The highest BCUT2D eigenvalue weighted by atomic mass is 32.2. The molecule has 0 saturated carbocycles. The maximum atomic E-state index is 12.3. The molecule has 34 heavy (non-hydrogen) atoms. The molecule has 1 aliphatic heterocycles. The summed E-state index contributed by atoms with van der Waals surface area (Å²) in [7, 11) is -1.86. The molecule has 1 aromatic heterocycles. The van der Waals surface area contributed by atoms with Crippen LogP contribution in [0, 0.1) is 11.3 Å². The lowest BCUT2D eigenvalue weighted by Crippen LogP contribution is -2.17. The van der Waals surface area contributed by atoms with Crippen molar-refractivity contribution in [1.29, 1.82) is 5.26 Å². The first-order valence-corrected chi connectivity index (χ1v) is 12.6. The van der Waals surface area contributed by atoms with Gasteiger partial charge in [0.2, 0.25) is 10.0 Å². The Morgan fingerprint density at radius 2 is 1.85 bits per heavy atom. The zero-order chi connectivity index (χ0) is 24.3. The lowest BCUT2D eigenvalue weighted by Gasteiger charge is -2.20. The molecular formula is C25H25N3O5S. The third-order valence-corrected chi connectivity index (χ3v) is 6.93. The van der Waals surface area contributed by atoms with Crippen LogP contribution < -0.4 is 19.8 Å². The van der Waals surface area contributed by atoms with Crippen LogP contribution in [0.1, 0.15) is 30.9 Å². The summed E-state index contributed by atoms with van der Waals surface area (Å²) in [6.07, 6.45) is 3.91. The van der Waals surface area contributed by atoms with Gasteiger partial charge in [-0.2, -0.15) is 5.26 Å². The van der Waals surface area contributed by atoms with Crippen molar-refractivity contribution in [3.05, 3.63) is 70.1 Å². The predicted octanol–water partition coefficient (Wildman–Crippen LogP) is 4.19. The van der Waals surface area contributed by atoms with Gasteiger partial charge in [0.25, 0.3) is 5.56 Å². The average molecular weight is 480 g/mol. The van der Waals surface area contributed by atoms with Crippen LogP contribution >= 0.6 is 0 Å². The second-order valence-corrected chi connectivity index (χ2v) is 10.1. The van der Waals surface area contributed by atoms with E-state index in [4.69, 9.17) is 9.47 Å². The number of nitrogens with zero attached hydrogens (tertiary/aromatic N) is 2. The van der Waals surface area contributed by atoms with Gasteiger partial charge in [-0.05, 0) is 68.1 Å². The minimum Gasteiger partial charge on any atom is -0.493 e. The minimum atomic E-state index is -3.50. The molecule has 0 aliphatic carbocycles. The number of benzene rings is 2. The lowest BCUT2D eigenvalue weighted by molar-refractivity contribution is 0.306. The summed E-state index contributed by atoms with van der Waals surface area (Å²) in [6.45, 7) is 1.97. The normalized spacial score (nSPS) is 13.4. The Hall–Kier alpha value is -3.77. The minimum absolute atomic E-state index is 0.0661. The molecule has 2 aromatic carbocycles. The summed E-state index contributed by atoms with van der Waals surface area (Å²) in [6, 6.07) is 13.9. The van der Waals surface area contributed by atoms with Crippen LogP contribution in [-0.2, 0) is 23.5 Å². The van der Waals surface area contributed by atoms with E-state index in [0.717, 1.165) is 18.4 Å². The first-order valence-electron chi connectivity index (χ1n) is 11.0. The average Bonchev–Trinajstić information content (AvgIpc) is 2.81. The van der Waals surface area contributed by atoms with Crippen molar-refractivity contribution >= 4 is 15.7 Å². The number of hydrogen-bond donors (Lipinski definition) is 1. The number of nitriles is 1. The van der Waals surface area contributed by atoms with E-state index in [1.165, 1.54) is 10.6 Å². The van der Waals surface area contributed by atoms with Gasteiger partial charge in [0.1, 0.15) is 17.2 Å². The fourth-order valence-corrected chi connectivity index (χ4v) is 4.37. The van der Waals surface area contributed by atoms with Gasteiger partial charge in [0.15, 0.2) is 0 Å². The van der Waals surface area contributed by atoms with Gasteiger partial charge in [-0.1, -0.05) is 0 Å². The molecule has 1 N–H and O–H groups in total. The molecule has 2 heterocycles. The smallest absolute Gasteiger partial charge is 0.254 e. The summed E-state index contributed by atoms with van der Waals surface area (Å²) in [5.74, 6) is 1.43. The van der Waals surface area contributed by atoms with Crippen molar-refractivity contribution < 1.29 is 17.9 Å². The van der Waals surface area contributed by atoms with E-state index in [0.29, 0.717) is 52.7 Å². The topological polar surface area (TPSA) is 110 Å². The van der Waals surface area contributed by atoms with E-state index in [1.54, 1.807) is 50.5 Å². The van der Waals surface area contributed by atoms with Crippen LogP contribution in [0.3, 0.4) is 0 Å². The van der Waals surface area contributed by atoms with Gasteiger partial charge in [-0.25, -0.2) is 8.42 Å². The Balaban J connectivity index is 1.92. The van der Waals surface area contributed by atoms with Crippen molar-refractivity contribution in [1.82, 2.24) is 4.57 Å². The number of anilines is 1. The monoisotopic (exact) mass is 479 g/mol. The maximum absolute atomic E-state index is 12.3. The summed E-state index contributed by atoms with van der Waals surface area (Å²) in [5.41, 5.74) is 2.78. The molecule has 9 heteroatoms. The highest BCUT2D eigenvalue weighted by Gasteiger charge is 2.19. The summed E-state index contributed by atoms with van der Waals surface area (Å²) in [5, 5.41) is 9.31. The first-order chi connectivity index (χ1) is 16.3. The van der Waals surface area contributed by atoms with Crippen LogP contribution in [0.2, 0.25) is 0 Å². The molecule has 0 saturated heterocycles. The van der Waals surface area contributed by atoms with E-state index in [1.807, 2.05) is 6.07 Å². The van der Waals surface area contributed by atoms with Crippen molar-refractivity contribution in [3.8, 4) is 34.4 Å². The van der Waals surface area contributed by atoms with Crippen LogP contribution in [-0.4, -0.2) is 25.3 Å². The molecule has 4 rings (SSSR count).